The summed E-state index contributed by atoms with van der Waals surface area (Å²) in [6.45, 7) is 2.93. The van der Waals surface area contributed by atoms with Crippen LogP contribution in [0.5, 0.6) is 0 Å². The molecule has 0 bridgehead atoms. The Bertz CT molecular complexity index is 333. The van der Waals surface area contributed by atoms with Gasteiger partial charge in [0.2, 0.25) is 0 Å². The Morgan fingerprint density at radius 2 is 2.06 bits per heavy atom. The van der Waals surface area contributed by atoms with E-state index in [4.69, 9.17) is 19.5 Å². The summed E-state index contributed by atoms with van der Waals surface area (Å²) in [6, 6.07) is 7.09. The molecule has 1 aliphatic heterocycles. The van der Waals surface area contributed by atoms with Gasteiger partial charge in [-0.3, -0.25) is 0 Å². The van der Waals surface area contributed by atoms with E-state index in [-0.39, 0.29) is 0 Å². The number of rotatable bonds is 5. The molecule has 0 saturated carbocycles. The Balaban J connectivity index is 1.74. The van der Waals surface area contributed by atoms with Gasteiger partial charge in [-0.25, -0.2) is 0 Å². The van der Waals surface area contributed by atoms with Crippen LogP contribution in [0.15, 0.2) is 24.3 Å². The Kier molecular flexibility index (Phi) is 4.56. The minimum atomic E-state index is -1.40. The maximum Gasteiger partial charge on any atom is 0.488 e. The van der Waals surface area contributed by atoms with Crippen LogP contribution in [0.25, 0.3) is 0 Å². The number of hydrogen-bond donors (Lipinski definition) is 2. The first-order chi connectivity index (χ1) is 8.25. The highest BCUT2D eigenvalue weighted by molar-refractivity contribution is 6.58. The molecule has 2 N–H and O–H groups in total. The number of hydrogen-bond acceptors (Lipinski definition) is 4. The highest BCUT2D eigenvalue weighted by Crippen LogP contribution is 2.13. The predicted molar refractivity (Wildman–Crippen MR) is 64.8 cm³/mol. The van der Waals surface area contributed by atoms with Crippen LogP contribution in [-0.2, 0) is 16.1 Å². The fourth-order valence-corrected chi connectivity index (χ4v) is 1.84. The average molecular weight is 236 g/mol. The summed E-state index contributed by atoms with van der Waals surface area (Å²) in [5.74, 6) is 0.522. The van der Waals surface area contributed by atoms with Crippen molar-refractivity contribution in [3.8, 4) is 0 Å². The van der Waals surface area contributed by atoms with Gasteiger partial charge in [0.1, 0.15) is 0 Å². The van der Waals surface area contributed by atoms with Crippen molar-refractivity contribution in [1.29, 1.82) is 0 Å². The first-order valence-corrected chi connectivity index (χ1v) is 5.86. The van der Waals surface area contributed by atoms with Gasteiger partial charge in [-0.15, -0.1) is 0 Å². The predicted octanol–water partition coefficient (Wildman–Crippen LogP) is -0.0805. The van der Waals surface area contributed by atoms with Crippen molar-refractivity contribution in [3.05, 3.63) is 29.8 Å². The van der Waals surface area contributed by atoms with Crippen LogP contribution in [0.3, 0.4) is 0 Å². The van der Waals surface area contributed by atoms with Crippen molar-refractivity contribution in [2.75, 3.05) is 19.8 Å². The Hall–Kier alpha value is -0.875. The molecular formula is C12H17BO4. The molecule has 92 valence electrons. The molecule has 17 heavy (non-hydrogen) atoms. The van der Waals surface area contributed by atoms with E-state index in [1.54, 1.807) is 12.1 Å². The van der Waals surface area contributed by atoms with Crippen LogP contribution in [0.4, 0.5) is 0 Å². The van der Waals surface area contributed by atoms with Crippen LogP contribution < -0.4 is 5.46 Å². The molecule has 1 atom stereocenters. The molecule has 0 spiro atoms. The normalized spacial score (nSPS) is 19.5. The molecule has 0 radical (unpaired) electrons. The summed E-state index contributed by atoms with van der Waals surface area (Å²) in [7, 11) is -1.40. The number of benzene rings is 1. The van der Waals surface area contributed by atoms with Crippen LogP contribution in [0.1, 0.15) is 12.0 Å². The summed E-state index contributed by atoms with van der Waals surface area (Å²) in [5.41, 5.74) is 1.53. The summed E-state index contributed by atoms with van der Waals surface area (Å²) in [4.78, 5) is 0. The quantitative estimate of drug-likeness (QED) is 0.702. The zero-order chi connectivity index (χ0) is 12.1. The molecule has 0 amide bonds. The van der Waals surface area contributed by atoms with E-state index in [2.05, 4.69) is 0 Å². The molecule has 4 nitrogen and oxygen atoms in total. The Labute approximate surface area is 101 Å². The second-order valence-corrected chi connectivity index (χ2v) is 4.36. The lowest BCUT2D eigenvalue weighted by Crippen LogP contribution is -2.29. The van der Waals surface area contributed by atoms with E-state index in [0.29, 0.717) is 18.0 Å². The highest BCUT2D eigenvalue weighted by Gasteiger charge is 2.15. The fraction of sp³-hybridized carbons (Fsp3) is 0.500. The van der Waals surface area contributed by atoms with Crippen molar-refractivity contribution < 1.29 is 19.5 Å². The van der Waals surface area contributed by atoms with Gasteiger partial charge >= 0.3 is 7.12 Å². The van der Waals surface area contributed by atoms with Crippen LogP contribution in [-0.4, -0.2) is 37.0 Å². The molecule has 1 unspecified atom stereocenters. The minimum Gasteiger partial charge on any atom is -0.423 e. The van der Waals surface area contributed by atoms with Crippen molar-refractivity contribution in [2.45, 2.75) is 13.0 Å². The lowest BCUT2D eigenvalue weighted by atomic mass is 9.80. The van der Waals surface area contributed by atoms with Gasteiger partial charge in [0.25, 0.3) is 0 Å². The number of ether oxygens (including phenoxy) is 2. The molecule has 2 rings (SSSR count). The van der Waals surface area contributed by atoms with Gasteiger partial charge in [-0.05, 0) is 17.4 Å². The monoisotopic (exact) mass is 236 g/mol. The van der Waals surface area contributed by atoms with E-state index >= 15 is 0 Å². The first kappa shape index (κ1) is 12.6. The van der Waals surface area contributed by atoms with E-state index in [1.807, 2.05) is 12.1 Å². The largest absolute Gasteiger partial charge is 0.488 e. The molecule has 1 aromatic rings. The molecule has 5 heteroatoms. The molecule has 1 aliphatic rings. The molecule has 0 aromatic heterocycles. The smallest absolute Gasteiger partial charge is 0.423 e. The molecule has 1 fully saturated rings. The van der Waals surface area contributed by atoms with Gasteiger partial charge in [-0.1, -0.05) is 24.3 Å². The van der Waals surface area contributed by atoms with Crippen molar-refractivity contribution in [3.63, 3.8) is 0 Å². The van der Waals surface area contributed by atoms with Gasteiger partial charge < -0.3 is 19.5 Å². The maximum absolute atomic E-state index is 8.94. The second kappa shape index (κ2) is 6.16. The van der Waals surface area contributed by atoms with Gasteiger partial charge in [0, 0.05) is 12.5 Å². The molecule has 1 aromatic carbocycles. The zero-order valence-corrected chi connectivity index (χ0v) is 9.71. The molecular weight excluding hydrogens is 219 g/mol. The van der Waals surface area contributed by atoms with Crippen LogP contribution >= 0.6 is 0 Å². The van der Waals surface area contributed by atoms with E-state index in [0.717, 1.165) is 31.8 Å². The second-order valence-electron chi connectivity index (χ2n) is 4.36. The maximum atomic E-state index is 8.94. The molecule has 1 saturated heterocycles. The summed E-state index contributed by atoms with van der Waals surface area (Å²) >= 11 is 0. The Morgan fingerprint density at radius 1 is 1.29 bits per heavy atom. The molecule has 0 aliphatic carbocycles. The summed E-state index contributed by atoms with van der Waals surface area (Å²) < 4.78 is 10.9. The lowest BCUT2D eigenvalue weighted by Gasteiger charge is -2.09. The van der Waals surface area contributed by atoms with E-state index in [1.165, 1.54) is 0 Å². The summed E-state index contributed by atoms with van der Waals surface area (Å²) in [6.07, 6.45) is 1.08. The van der Waals surface area contributed by atoms with E-state index in [9.17, 15) is 0 Å². The highest BCUT2D eigenvalue weighted by atomic mass is 16.5. The standard InChI is InChI=1S/C12H17BO4/c14-13(15)12-3-1-10(2-4-12)7-17-9-11-5-6-16-8-11/h1-4,11,14-15H,5-9H2. The third kappa shape index (κ3) is 3.82. The minimum absolute atomic E-state index is 0.498. The zero-order valence-electron chi connectivity index (χ0n) is 9.71. The van der Waals surface area contributed by atoms with E-state index < -0.39 is 7.12 Å². The third-order valence-electron chi connectivity index (χ3n) is 2.92. The summed E-state index contributed by atoms with van der Waals surface area (Å²) in [5, 5.41) is 17.9. The van der Waals surface area contributed by atoms with Crippen molar-refractivity contribution >= 4 is 12.6 Å². The topological polar surface area (TPSA) is 58.9 Å². The first-order valence-electron chi connectivity index (χ1n) is 5.86. The lowest BCUT2D eigenvalue weighted by molar-refractivity contribution is 0.0791. The SMILES string of the molecule is OB(O)c1ccc(COCC2CCOC2)cc1. The van der Waals surface area contributed by atoms with Gasteiger partial charge in [-0.2, -0.15) is 0 Å². The van der Waals surface area contributed by atoms with Crippen LogP contribution in [0, 0.1) is 5.92 Å². The van der Waals surface area contributed by atoms with Crippen molar-refractivity contribution in [1.82, 2.24) is 0 Å². The Morgan fingerprint density at radius 3 is 2.65 bits per heavy atom. The van der Waals surface area contributed by atoms with Gasteiger partial charge in [0.15, 0.2) is 0 Å². The fourth-order valence-electron chi connectivity index (χ4n) is 1.84. The third-order valence-corrected chi connectivity index (χ3v) is 2.92. The van der Waals surface area contributed by atoms with Gasteiger partial charge in [0.05, 0.1) is 19.8 Å². The van der Waals surface area contributed by atoms with Crippen LogP contribution in [0.2, 0.25) is 0 Å². The molecule has 1 heterocycles. The average Bonchev–Trinajstić information content (AvgIpc) is 2.83. The van der Waals surface area contributed by atoms with Crippen molar-refractivity contribution in [2.24, 2.45) is 5.92 Å².